The molecule has 1 saturated carbocycles. The van der Waals surface area contributed by atoms with Crippen molar-refractivity contribution in [1.82, 2.24) is 5.32 Å². The summed E-state index contributed by atoms with van der Waals surface area (Å²) < 4.78 is 0. The fourth-order valence-corrected chi connectivity index (χ4v) is 2.83. The summed E-state index contributed by atoms with van der Waals surface area (Å²) in [6, 6.07) is 7.54. The van der Waals surface area contributed by atoms with E-state index in [1.165, 1.54) is 0 Å². The lowest BCUT2D eigenvalue weighted by atomic mass is 9.81. The van der Waals surface area contributed by atoms with Crippen molar-refractivity contribution in [2.45, 2.75) is 52.5 Å². The van der Waals surface area contributed by atoms with Gasteiger partial charge in [-0.05, 0) is 50.3 Å². The van der Waals surface area contributed by atoms with E-state index in [-0.39, 0.29) is 36.2 Å². The molecule has 1 unspecified atom stereocenters. The molecule has 1 atom stereocenters. The summed E-state index contributed by atoms with van der Waals surface area (Å²) in [4.78, 5) is 24.4. The minimum absolute atomic E-state index is 0. The van der Waals surface area contributed by atoms with E-state index in [1.54, 1.807) is 0 Å². The zero-order valence-electron chi connectivity index (χ0n) is 15.3. The van der Waals surface area contributed by atoms with Crippen LogP contribution in [0.5, 0.6) is 0 Å². The van der Waals surface area contributed by atoms with Gasteiger partial charge in [0.25, 0.3) is 0 Å². The van der Waals surface area contributed by atoms with E-state index in [4.69, 9.17) is 5.73 Å². The number of amides is 2. The molecule has 0 aromatic heterocycles. The number of carbonyl (C=O) groups excluding carboxylic acids is 2. The van der Waals surface area contributed by atoms with E-state index in [9.17, 15) is 9.59 Å². The second-order valence-electron chi connectivity index (χ2n) is 6.77. The highest BCUT2D eigenvalue weighted by atomic mass is 35.5. The fourth-order valence-electron chi connectivity index (χ4n) is 2.83. The Morgan fingerprint density at radius 2 is 1.76 bits per heavy atom. The maximum absolute atomic E-state index is 12.6. The van der Waals surface area contributed by atoms with Crippen molar-refractivity contribution in [3.63, 3.8) is 0 Å². The van der Waals surface area contributed by atoms with Crippen LogP contribution in [0.3, 0.4) is 0 Å². The average Bonchev–Trinajstić information content (AvgIpc) is 3.42. The highest BCUT2D eigenvalue weighted by Gasteiger charge is 2.34. The highest BCUT2D eigenvalue weighted by Crippen LogP contribution is 2.30. The number of nitrogens with two attached hydrogens (primary N) is 1. The van der Waals surface area contributed by atoms with Gasteiger partial charge < -0.3 is 16.4 Å². The van der Waals surface area contributed by atoms with E-state index in [0.717, 1.165) is 36.9 Å². The smallest absolute Gasteiger partial charge is 0.227 e. The summed E-state index contributed by atoms with van der Waals surface area (Å²) in [7, 11) is 0. The summed E-state index contributed by atoms with van der Waals surface area (Å²) in [5.74, 6) is 0.298. The summed E-state index contributed by atoms with van der Waals surface area (Å²) in [6.45, 7) is 6.31. The lowest BCUT2D eigenvalue weighted by Crippen LogP contribution is -2.46. The van der Waals surface area contributed by atoms with Crippen molar-refractivity contribution in [3.8, 4) is 0 Å². The third-order valence-corrected chi connectivity index (χ3v) is 5.20. The van der Waals surface area contributed by atoms with Crippen LogP contribution < -0.4 is 16.4 Å². The van der Waals surface area contributed by atoms with Gasteiger partial charge >= 0.3 is 0 Å². The minimum atomic E-state index is -0.494. The Morgan fingerprint density at radius 3 is 2.20 bits per heavy atom. The molecule has 1 aliphatic rings. The largest absolute Gasteiger partial charge is 0.349 e. The maximum Gasteiger partial charge on any atom is 0.227 e. The molecule has 0 aliphatic heterocycles. The third kappa shape index (κ3) is 5.19. The number of nitrogens with one attached hydrogen (secondary N) is 2. The SMILES string of the molecule is CCC(CC)(CN)C(=O)NC(C)c1ccc(NC(=O)C2CC2)cc1.Cl. The lowest BCUT2D eigenvalue weighted by molar-refractivity contribution is -0.131. The normalized spacial score (nSPS) is 15.0. The zero-order chi connectivity index (χ0) is 17.7. The molecular weight excluding hydrogens is 338 g/mol. The van der Waals surface area contributed by atoms with Crippen molar-refractivity contribution in [2.24, 2.45) is 17.1 Å². The standard InChI is InChI=1S/C19H29N3O2.ClH/c1-4-19(5-2,12-20)18(24)21-13(3)14-8-10-16(11-9-14)22-17(23)15-6-7-15;/h8-11,13,15H,4-7,12,20H2,1-3H3,(H,21,24)(H,22,23);1H. The van der Waals surface area contributed by atoms with Gasteiger partial charge in [0.2, 0.25) is 11.8 Å². The van der Waals surface area contributed by atoms with Gasteiger partial charge in [-0.15, -0.1) is 12.4 Å². The summed E-state index contributed by atoms with van der Waals surface area (Å²) >= 11 is 0. The van der Waals surface area contributed by atoms with Gasteiger partial charge in [-0.3, -0.25) is 9.59 Å². The predicted molar refractivity (Wildman–Crippen MR) is 104 cm³/mol. The Hall–Kier alpha value is -1.59. The average molecular weight is 368 g/mol. The van der Waals surface area contributed by atoms with E-state index in [1.807, 2.05) is 45.0 Å². The topological polar surface area (TPSA) is 84.2 Å². The molecule has 140 valence electrons. The molecule has 0 spiro atoms. The summed E-state index contributed by atoms with van der Waals surface area (Å²) in [5, 5.41) is 5.99. The van der Waals surface area contributed by atoms with Crippen LogP contribution in [0, 0.1) is 11.3 Å². The molecule has 4 N–H and O–H groups in total. The molecule has 0 bridgehead atoms. The highest BCUT2D eigenvalue weighted by molar-refractivity contribution is 5.94. The molecule has 5 nitrogen and oxygen atoms in total. The molecule has 2 rings (SSSR count). The summed E-state index contributed by atoms with van der Waals surface area (Å²) in [6.07, 6.45) is 3.44. The second kappa shape index (κ2) is 9.20. The van der Waals surface area contributed by atoms with E-state index in [2.05, 4.69) is 10.6 Å². The molecule has 1 aromatic rings. The van der Waals surface area contributed by atoms with Crippen molar-refractivity contribution < 1.29 is 9.59 Å². The van der Waals surface area contributed by atoms with Crippen molar-refractivity contribution in [1.29, 1.82) is 0 Å². The van der Waals surface area contributed by atoms with Crippen molar-refractivity contribution in [2.75, 3.05) is 11.9 Å². The van der Waals surface area contributed by atoms with Crippen LogP contribution in [0.25, 0.3) is 0 Å². The fraction of sp³-hybridized carbons (Fsp3) is 0.579. The lowest BCUT2D eigenvalue weighted by Gasteiger charge is -2.30. The van der Waals surface area contributed by atoms with E-state index >= 15 is 0 Å². The van der Waals surface area contributed by atoms with Crippen LogP contribution in [-0.2, 0) is 9.59 Å². The second-order valence-corrected chi connectivity index (χ2v) is 6.77. The molecule has 1 aliphatic carbocycles. The number of hydrogen-bond acceptors (Lipinski definition) is 3. The van der Waals surface area contributed by atoms with Gasteiger partial charge in [-0.25, -0.2) is 0 Å². The van der Waals surface area contributed by atoms with Crippen LogP contribution in [0.1, 0.15) is 58.1 Å². The molecule has 1 aromatic carbocycles. The molecule has 0 saturated heterocycles. The van der Waals surface area contributed by atoms with Gasteiger partial charge in [0.05, 0.1) is 11.5 Å². The first-order valence-corrected chi connectivity index (χ1v) is 8.87. The van der Waals surface area contributed by atoms with Gasteiger partial charge in [0.15, 0.2) is 0 Å². The number of hydrogen-bond donors (Lipinski definition) is 3. The third-order valence-electron chi connectivity index (χ3n) is 5.20. The summed E-state index contributed by atoms with van der Waals surface area (Å²) in [5.41, 5.74) is 7.15. The quantitative estimate of drug-likeness (QED) is 0.658. The monoisotopic (exact) mass is 367 g/mol. The Kier molecular flexibility index (Phi) is 7.90. The van der Waals surface area contributed by atoms with E-state index in [0.29, 0.717) is 6.54 Å². The Balaban J connectivity index is 0.00000312. The van der Waals surface area contributed by atoms with E-state index < -0.39 is 5.41 Å². The Morgan fingerprint density at radius 1 is 1.20 bits per heavy atom. The number of rotatable bonds is 8. The minimum Gasteiger partial charge on any atom is -0.349 e. The maximum atomic E-state index is 12.6. The van der Waals surface area contributed by atoms with Crippen LogP contribution in [0.2, 0.25) is 0 Å². The van der Waals surface area contributed by atoms with Gasteiger partial charge in [0.1, 0.15) is 0 Å². The molecule has 6 heteroatoms. The van der Waals surface area contributed by atoms with Crippen molar-refractivity contribution >= 4 is 29.9 Å². The molecule has 25 heavy (non-hydrogen) atoms. The number of benzene rings is 1. The van der Waals surface area contributed by atoms with Gasteiger partial charge in [0, 0.05) is 18.2 Å². The molecule has 0 radical (unpaired) electrons. The van der Waals surface area contributed by atoms with Gasteiger partial charge in [-0.2, -0.15) is 0 Å². The Bertz CT molecular complexity index is 573. The Labute approximate surface area is 156 Å². The number of halogens is 1. The zero-order valence-corrected chi connectivity index (χ0v) is 16.1. The van der Waals surface area contributed by atoms with Gasteiger partial charge in [-0.1, -0.05) is 26.0 Å². The van der Waals surface area contributed by atoms with Crippen molar-refractivity contribution in [3.05, 3.63) is 29.8 Å². The van der Waals surface area contributed by atoms with Crippen LogP contribution in [0.15, 0.2) is 24.3 Å². The molecule has 0 heterocycles. The van der Waals surface area contributed by atoms with Crippen LogP contribution >= 0.6 is 12.4 Å². The number of carbonyl (C=O) groups is 2. The first kappa shape index (κ1) is 21.5. The first-order valence-electron chi connectivity index (χ1n) is 8.87. The number of anilines is 1. The molecular formula is C19H30ClN3O2. The molecule has 2 amide bonds. The predicted octanol–water partition coefficient (Wildman–Crippen LogP) is 3.40. The van der Waals surface area contributed by atoms with Crippen LogP contribution in [-0.4, -0.2) is 18.4 Å². The molecule has 1 fully saturated rings. The van der Waals surface area contributed by atoms with Crippen LogP contribution in [0.4, 0.5) is 5.69 Å². The first-order chi connectivity index (χ1) is 11.5.